The van der Waals surface area contributed by atoms with Crippen LogP contribution in [0.4, 0.5) is 45.2 Å². The van der Waals surface area contributed by atoms with Crippen molar-refractivity contribution in [2.75, 3.05) is 5.32 Å². The van der Waals surface area contributed by atoms with Crippen molar-refractivity contribution in [3.8, 4) is 0 Å². The van der Waals surface area contributed by atoms with Gasteiger partial charge < -0.3 is 15.2 Å². The van der Waals surface area contributed by atoms with Gasteiger partial charge in [0.1, 0.15) is 0 Å². The minimum atomic E-state index is -5.17. The number of aliphatic hydroxyl groups is 1. The fourth-order valence-electron chi connectivity index (χ4n) is 5.79. The predicted octanol–water partition coefficient (Wildman–Crippen LogP) is 4.28. The number of carbonyl (C=O) groups is 1. The lowest BCUT2D eigenvalue weighted by Gasteiger charge is -2.29. The first-order chi connectivity index (χ1) is 16.4. The summed E-state index contributed by atoms with van der Waals surface area (Å²) in [5.74, 6) is -1.11. The van der Waals surface area contributed by atoms with E-state index in [9.17, 15) is 49.4 Å². The number of benzene rings is 1. The maximum atomic E-state index is 13.7. The maximum Gasteiger partial charge on any atom is 0.435 e. The van der Waals surface area contributed by atoms with Gasteiger partial charge in [-0.2, -0.15) is 44.6 Å². The second kappa shape index (κ2) is 7.15. The van der Waals surface area contributed by atoms with Gasteiger partial charge in [0, 0.05) is 36.3 Å². The van der Waals surface area contributed by atoms with Crippen LogP contribution in [0.2, 0.25) is 0 Å². The fraction of sp³-hybridized carbons (Fsp3) is 0.524. The van der Waals surface area contributed by atoms with E-state index < -0.39 is 81.6 Å². The molecule has 0 radical (unpaired) electrons. The zero-order valence-corrected chi connectivity index (χ0v) is 18.0. The molecule has 1 aromatic heterocycles. The third-order valence-electron chi connectivity index (χ3n) is 7.21. The number of nitrogens with zero attached hydrogens (tertiary/aromatic N) is 2. The highest BCUT2D eigenvalue weighted by atomic mass is 19.4. The first-order valence-electron chi connectivity index (χ1n) is 10.5. The molecule has 3 heterocycles. The zero-order valence-electron chi connectivity index (χ0n) is 18.0. The standard InChI is InChI=1S/C21H16F9N3O3/c1-33-6-11(14(32-33)21(28,29)30)17-7-18(17,13-5-12(34)15(17)36-13)16(35)31-10-3-8(19(22,23)24)2-9(4-10)20(25,26)27/h2-4,6,12-13,15,34H,5,7H2,1H3,(H,31,35). The van der Waals surface area contributed by atoms with Gasteiger partial charge in [0.2, 0.25) is 5.91 Å². The molecular formula is C21H16F9N3O3. The molecule has 5 atom stereocenters. The number of rotatable bonds is 3. The van der Waals surface area contributed by atoms with Crippen molar-refractivity contribution in [3.05, 3.63) is 46.8 Å². The van der Waals surface area contributed by atoms with E-state index in [0.29, 0.717) is 12.1 Å². The largest absolute Gasteiger partial charge is 0.435 e. The molecule has 2 aliphatic heterocycles. The van der Waals surface area contributed by atoms with E-state index in [1.807, 2.05) is 5.32 Å². The minimum Gasteiger partial charge on any atom is -0.390 e. The first kappa shape index (κ1) is 24.9. The average Bonchev–Trinajstić information content (AvgIpc) is 2.95. The second-order valence-corrected chi connectivity index (χ2v) is 9.28. The van der Waals surface area contributed by atoms with Crippen LogP contribution in [-0.4, -0.2) is 39.1 Å². The summed E-state index contributed by atoms with van der Waals surface area (Å²) in [5, 5.41) is 15.8. The van der Waals surface area contributed by atoms with Gasteiger partial charge in [-0.05, 0) is 24.6 Å². The normalized spacial score (nSPS) is 31.5. The van der Waals surface area contributed by atoms with Crippen LogP contribution >= 0.6 is 0 Å². The van der Waals surface area contributed by atoms with Gasteiger partial charge in [0.15, 0.2) is 5.69 Å². The predicted molar refractivity (Wildman–Crippen MR) is 101 cm³/mol. The van der Waals surface area contributed by atoms with Crippen molar-refractivity contribution in [1.82, 2.24) is 9.78 Å². The van der Waals surface area contributed by atoms with Crippen molar-refractivity contribution in [2.45, 2.75) is 55.1 Å². The van der Waals surface area contributed by atoms with Gasteiger partial charge in [0.25, 0.3) is 0 Å². The summed E-state index contributed by atoms with van der Waals surface area (Å²) in [4.78, 5) is 13.4. The summed E-state index contributed by atoms with van der Waals surface area (Å²) >= 11 is 0. The van der Waals surface area contributed by atoms with Crippen LogP contribution in [-0.2, 0) is 40.5 Å². The monoisotopic (exact) mass is 529 g/mol. The van der Waals surface area contributed by atoms with Crippen LogP contribution in [0.1, 0.15) is 35.2 Å². The Bertz CT molecular complexity index is 1220. The molecule has 2 bridgehead atoms. The summed E-state index contributed by atoms with van der Waals surface area (Å²) in [7, 11) is 1.21. The smallest absolute Gasteiger partial charge is 0.390 e. The molecule has 3 aliphatic rings. The molecule has 1 saturated carbocycles. The van der Waals surface area contributed by atoms with Crippen molar-refractivity contribution in [1.29, 1.82) is 0 Å². The molecule has 2 saturated heterocycles. The number of anilines is 1. The topological polar surface area (TPSA) is 76.4 Å². The van der Waals surface area contributed by atoms with Crippen LogP contribution in [0.5, 0.6) is 0 Å². The Hall–Kier alpha value is -2.81. The summed E-state index contributed by atoms with van der Waals surface area (Å²) in [6, 6.07) is 0.502. The van der Waals surface area contributed by atoms with Crippen LogP contribution in [0.3, 0.4) is 0 Å². The number of alkyl halides is 9. The fourth-order valence-corrected chi connectivity index (χ4v) is 5.79. The number of amides is 1. The lowest BCUT2D eigenvalue weighted by atomic mass is 9.73. The number of ether oxygens (including phenoxy) is 1. The Labute approximate surface area is 196 Å². The number of aryl methyl sites for hydroxylation is 1. The number of aromatic nitrogens is 2. The second-order valence-electron chi connectivity index (χ2n) is 9.28. The van der Waals surface area contributed by atoms with E-state index in [0.717, 1.165) is 10.9 Å². The zero-order chi connectivity index (χ0) is 26.6. The third-order valence-corrected chi connectivity index (χ3v) is 7.21. The molecule has 1 aliphatic carbocycles. The van der Waals surface area contributed by atoms with E-state index >= 15 is 0 Å². The minimum absolute atomic E-state index is 0.113. The highest BCUT2D eigenvalue weighted by Gasteiger charge is 2.88. The molecule has 36 heavy (non-hydrogen) atoms. The first-order valence-corrected chi connectivity index (χ1v) is 10.5. The molecule has 5 unspecified atom stereocenters. The van der Waals surface area contributed by atoms with Crippen LogP contribution in [0.25, 0.3) is 0 Å². The van der Waals surface area contributed by atoms with Crippen LogP contribution in [0, 0.1) is 5.41 Å². The molecular weight excluding hydrogens is 513 g/mol. The Morgan fingerprint density at radius 2 is 1.64 bits per heavy atom. The van der Waals surface area contributed by atoms with Crippen LogP contribution in [0.15, 0.2) is 24.4 Å². The molecule has 5 rings (SSSR count). The summed E-state index contributed by atoms with van der Waals surface area (Å²) in [6.07, 6.45) is -18.2. The number of hydrogen-bond acceptors (Lipinski definition) is 4. The number of nitrogens with one attached hydrogen (secondary N) is 1. The van der Waals surface area contributed by atoms with E-state index in [2.05, 4.69) is 5.10 Å². The molecule has 2 aromatic rings. The Morgan fingerprint density at radius 1 is 1.06 bits per heavy atom. The highest BCUT2D eigenvalue weighted by molar-refractivity contribution is 6.01. The van der Waals surface area contributed by atoms with Gasteiger partial charge >= 0.3 is 18.5 Å². The maximum absolute atomic E-state index is 13.7. The van der Waals surface area contributed by atoms with Crippen molar-refractivity contribution >= 4 is 11.6 Å². The molecule has 1 aromatic carbocycles. The average molecular weight is 529 g/mol. The molecule has 6 nitrogen and oxygen atoms in total. The summed E-state index contributed by atoms with van der Waals surface area (Å²) in [5.41, 5.74) is -9.39. The van der Waals surface area contributed by atoms with E-state index in [4.69, 9.17) is 4.74 Å². The molecule has 3 fully saturated rings. The third kappa shape index (κ3) is 3.34. The highest BCUT2D eigenvalue weighted by Crippen LogP contribution is 2.78. The van der Waals surface area contributed by atoms with E-state index in [1.54, 1.807) is 0 Å². The summed E-state index contributed by atoms with van der Waals surface area (Å²) < 4.78 is 127. The lowest BCUT2D eigenvalue weighted by Crippen LogP contribution is -2.45. The van der Waals surface area contributed by atoms with Crippen molar-refractivity contribution in [3.63, 3.8) is 0 Å². The lowest BCUT2D eigenvalue weighted by molar-refractivity contribution is -0.144. The van der Waals surface area contributed by atoms with Crippen LogP contribution < -0.4 is 5.32 Å². The number of aliphatic hydroxyl groups excluding tert-OH is 1. The van der Waals surface area contributed by atoms with Crippen molar-refractivity contribution < 1.29 is 54.2 Å². The quantitative estimate of drug-likeness (QED) is 0.583. The van der Waals surface area contributed by atoms with Gasteiger partial charge in [-0.1, -0.05) is 0 Å². The van der Waals surface area contributed by atoms with Gasteiger partial charge in [-0.15, -0.1) is 0 Å². The molecule has 2 N–H and O–H groups in total. The molecule has 196 valence electrons. The molecule has 1 amide bonds. The Morgan fingerprint density at radius 3 is 2.17 bits per heavy atom. The van der Waals surface area contributed by atoms with Gasteiger partial charge in [-0.3, -0.25) is 9.48 Å². The Balaban J connectivity index is 1.57. The van der Waals surface area contributed by atoms with Crippen molar-refractivity contribution in [2.24, 2.45) is 12.5 Å². The number of halogens is 9. The van der Waals surface area contributed by atoms with Gasteiger partial charge in [0.05, 0.1) is 34.9 Å². The van der Waals surface area contributed by atoms with Gasteiger partial charge in [-0.25, -0.2) is 0 Å². The number of carbonyl (C=O) groups excluding carboxylic acids is 1. The molecule has 15 heteroatoms. The number of fused-ring (bicyclic) bond motifs is 5. The molecule has 0 spiro atoms. The summed E-state index contributed by atoms with van der Waals surface area (Å²) in [6.45, 7) is 0. The van der Waals surface area contributed by atoms with E-state index in [1.165, 1.54) is 7.05 Å². The van der Waals surface area contributed by atoms with E-state index in [-0.39, 0.29) is 18.9 Å². The SMILES string of the molecule is Cn1cc(C23CC2(C(=O)Nc2cc(C(F)(F)F)cc(C(F)(F)F)c2)C2CC(O)C3O2)c(C(F)(F)F)n1. The number of hydrogen-bond donors (Lipinski definition) is 2. The Kier molecular flexibility index (Phi) is 4.94.